The van der Waals surface area contributed by atoms with Gasteiger partial charge in [-0.2, -0.15) is 0 Å². The Labute approximate surface area is 137 Å². The number of ether oxygens (including phenoxy) is 1. The summed E-state index contributed by atoms with van der Waals surface area (Å²) in [7, 11) is 0. The lowest BCUT2D eigenvalue weighted by molar-refractivity contribution is -0.118. The monoisotopic (exact) mass is 326 g/mol. The van der Waals surface area contributed by atoms with E-state index in [1.807, 2.05) is 6.92 Å². The van der Waals surface area contributed by atoms with Crippen LogP contribution in [-0.4, -0.2) is 27.0 Å². The number of pyridine rings is 1. The minimum absolute atomic E-state index is 0.0320. The van der Waals surface area contributed by atoms with Crippen molar-refractivity contribution in [1.29, 1.82) is 0 Å². The summed E-state index contributed by atoms with van der Waals surface area (Å²) in [4.78, 5) is 20.5. The van der Waals surface area contributed by atoms with Gasteiger partial charge in [-0.1, -0.05) is 12.1 Å². The van der Waals surface area contributed by atoms with Gasteiger partial charge in [-0.15, -0.1) is 0 Å². The Morgan fingerprint density at radius 3 is 2.79 bits per heavy atom. The van der Waals surface area contributed by atoms with E-state index in [9.17, 15) is 9.18 Å². The lowest BCUT2D eigenvalue weighted by Crippen LogP contribution is -2.21. The van der Waals surface area contributed by atoms with Crippen LogP contribution in [0.2, 0.25) is 0 Å². The van der Waals surface area contributed by atoms with Gasteiger partial charge in [0.1, 0.15) is 5.82 Å². The van der Waals surface area contributed by atoms with E-state index >= 15 is 0 Å². The fourth-order valence-electron chi connectivity index (χ4n) is 2.18. The molecular formula is C17H15FN4O2. The number of aromatic nitrogens is 3. The van der Waals surface area contributed by atoms with Crippen LogP contribution in [0.4, 0.5) is 10.1 Å². The molecule has 3 aromatic rings. The fraction of sp³-hybridized carbons (Fsp3) is 0.118. The molecule has 2 heterocycles. The average molecular weight is 326 g/mol. The van der Waals surface area contributed by atoms with Crippen LogP contribution in [0.1, 0.15) is 5.82 Å². The Balaban J connectivity index is 1.71. The second kappa shape index (κ2) is 6.91. The van der Waals surface area contributed by atoms with Crippen LogP contribution in [0.15, 0.2) is 55.0 Å². The molecule has 1 amide bonds. The first-order valence-corrected chi connectivity index (χ1v) is 7.27. The zero-order valence-corrected chi connectivity index (χ0v) is 12.9. The van der Waals surface area contributed by atoms with Gasteiger partial charge < -0.3 is 10.1 Å². The van der Waals surface area contributed by atoms with Gasteiger partial charge in [0.05, 0.1) is 5.69 Å². The van der Waals surface area contributed by atoms with E-state index in [4.69, 9.17) is 4.74 Å². The number of amides is 1. The van der Waals surface area contributed by atoms with Crippen LogP contribution in [0.25, 0.3) is 5.82 Å². The maximum Gasteiger partial charge on any atom is 0.262 e. The standard InChI is InChI=1S/C17H15FN4O2/c1-12-19-9-10-22(12)17-14(6-4-8-20-17)21-16(23)11-24-15-7-3-2-5-13(15)18/h2-10H,11H2,1H3,(H,21,23). The van der Waals surface area contributed by atoms with E-state index in [2.05, 4.69) is 15.3 Å². The van der Waals surface area contributed by atoms with E-state index in [1.165, 1.54) is 12.1 Å². The predicted octanol–water partition coefficient (Wildman–Crippen LogP) is 2.73. The second-order valence-corrected chi connectivity index (χ2v) is 4.99. The van der Waals surface area contributed by atoms with Crippen LogP contribution in [0.3, 0.4) is 0 Å². The molecule has 0 saturated carbocycles. The number of imidazole rings is 1. The van der Waals surface area contributed by atoms with Gasteiger partial charge in [0.2, 0.25) is 0 Å². The Morgan fingerprint density at radius 2 is 2.04 bits per heavy atom. The number of carbonyl (C=O) groups excluding carboxylic acids is 1. The van der Waals surface area contributed by atoms with Gasteiger partial charge in [0.15, 0.2) is 24.0 Å². The highest BCUT2D eigenvalue weighted by molar-refractivity contribution is 5.93. The zero-order valence-electron chi connectivity index (χ0n) is 12.9. The molecule has 3 rings (SSSR count). The molecule has 7 heteroatoms. The van der Waals surface area contributed by atoms with Gasteiger partial charge in [0.25, 0.3) is 5.91 Å². The molecule has 1 N–H and O–H groups in total. The number of para-hydroxylation sites is 1. The van der Waals surface area contributed by atoms with Crippen molar-refractivity contribution >= 4 is 11.6 Å². The zero-order chi connectivity index (χ0) is 16.9. The molecule has 0 unspecified atom stereocenters. The van der Waals surface area contributed by atoms with Crippen molar-refractivity contribution < 1.29 is 13.9 Å². The first kappa shape index (κ1) is 15.7. The maximum absolute atomic E-state index is 13.5. The highest BCUT2D eigenvalue weighted by Crippen LogP contribution is 2.19. The molecule has 0 aliphatic carbocycles. The van der Waals surface area contributed by atoms with Crippen molar-refractivity contribution in [2.24, 2.45) is 0 Å². The fourth-order valence-corrected chi connectivity index (χ4v) is 2.18. The molecular weight excluding hydrogens is 311 g/mol. The van der Waals surface area contributed by atoms with Gasteiger partial charge >= 0.3 is 0 Å². The molecule has 0 fully saturated rings. The smallest absolute Gasteiger partial charge is 0.262 e. The molecule has 0 aliphatic rings. The van der Waals surface area contributed by atoms with Gasteiger partial charge in [-0.05, 0) is 31.2 Å². The van der Waals surface area contributed by atoms with Crippen LogP contribution in [-0.2, 0) is 4.79 Å². The van der Waals surface area contributed by atoms with Crippen molar-refractivity contribution in [3.63, 3.8) is 0 Å². The third kappa shape index (κ3) is 3.40. The van der Waals surface area contributed by atoms with Crippen LogP contribution < -0.4 is 10.1 Å². The van der Waals surface area contributed by atoms with Crippen LogP contribution in [0.5, 0.6) is 5.75 Å². The largest absolute Gasteiger partial charge is 0.481 e. The normalized spacial score (nSPS) is 10.4. The predicted molar refractivity (Wildman–Crippen MR) is 86.6 cm³/mol. The van der Waals surface area contributed by atoms with E-state index in [0.717, 1.165) is 5.82 Å². The second-order valence-electron chi connectivity index (χ2n) is 4.99. The molecule has 0 aliphatic heterocycles. The minimum Gasteiger partial charge on any atom is -0.481 e. The third-order valence-electron chi connectivity index (χ3n) is 3.31. The van der Waals surface area contributed by atoms with Crippen LogP contribution in [0, 0.1) is 12.7 Å². The number of nitrogens with one attached hydrogen (secondary N) is 1. The molecule has 1 aromatic carbocycles. The Kier molecular flexibility index (Phi) is 4.51. The summed E-state index contributed by atoms with van der Waals surface area (Å²) in [5, 5.41) is 2.72. The molecule has 0 atom stereocenters. The summed E-state index contributed by atoms with van der Waals surface area (Å²) in [6.07, 6.45) is 5.03. The number of hydrogen-bond donors (Lipinski definition) is 1. The van der Waals surface area contributed by atoms with E-state index < -0.39 is 11.7 Å². The summed E-state index contributed by atoms with van der Waals surface area (Å²) in [5.41, 5.74) is 0.515. The summed E-state index contributed by atoms with van der Waals surface area (Å²) in [6.45, 7) is 1.53. The van der Waals surface area contributed by atoms with Crippen molar-refractivity contribution in [3.8, 4) is 11.6 Å². The molecule has 0 radical (unpaired) electrons. The van der Waals surface area contributed by atoms with Gasteiger partial charge in [-0.25, -0.2) is 14.4 Å². The topological polar surface area (TPSA) is 69.0 Å². The van der Waals surface area contributed by atoms with Crippen molar-refractivity contribution in [1.82, 2.24) is 14.5 Å². The summed E-state index contributed by atoms with van der Waals surface area (Å²) in [5.74, 6) is 0.398. The first-order chi connectivity index (χ1) is 11.6. The van der Waals surface area contributed by atoms with Crippen molar-refractivity contribution in [2.45, 2.75) is 6.92 Å². The van der Waals surface area contributed by atoms with Crippen molar-refractivity contribution in [2.75, 3.05) is 11.9 Å². The summed E-state index contributed by atoms with van der Waals surface area (Å²) in [6, 6.07) is 9.36. The molecule has 2 aromatic heterocycles. The number of anilines is 1. The molecule has 0 saturated heterocycles. The van der Waals surface area contributed by atoms with E-state index in [-0.39, 0.29) is 12.4 Å². The molecule has 0 spiro atoms. The molecule has 122 valence electrons. The number of nitrogens with zero attached hydrogens (tertiary/aromatic N) is 3. The van der Waals surface area contributed by atoms with Crippen molar-refractivity contribution in [3.05, 3.63) is 66.6 Å². The summed E-state index contributed by atoms with van der Waals surface area (Å²) >= 11 is 0. The summed E-state index contributed by atoms with van der Waals surface area (Å²) < 4.78 is 20.4. The highest BCUT2D eigenvalue weighted by atomic mass is 19.1. The molecule has 0 bridgehead atoms. The average Bonchev–Trinajstić information content (AvgIpc) is 3.00. The number of hydrogen-bond acceptors (Lipinski definition) is 4. The number of carbonyl (C=O) groups is 1. The highest BCUT2D eigenvalue weighted by Gasteiger charge is 2.12. The maximum atomic E-state index is 13.5. The Morgan fingerprint density at radius 1 is 1.21 bits per heavy atom. The number of rotatable bonds is 5. The minimum atomic E-state index is -0.513. The van der Waals surface area contributed by atoms with E-state index in [0.29, 0.717) is 11.5 Å². The number of halogens is 1. The molecule has 6 nitrogen and oxygen atoms in total. The van der Waals surface area contributed by atoms with E-state index in [1.54, 1.807) is 47.4 Å². The number of aryl methyl sites for hydroxylation is 1. The van der Waals surface area contributed by atoms with Gasteiger partial charge in [0, 0.05) is 18.6 Å². The third-order valence-corrected chi connectivity index (χ3v) is 3.31. The Hall–Kier alpha value is -3.22. The SMILES string of the molecule is Cc1nccn1-c1ncccc1NC(=O)COc1ccccc1F. The van der Waals surface area contributed by atoms with Crippen LogP contribution >= 0.6 is 0 Å². The quantitative estimate of drug-likeness (QED) is 0.783. The first-order valence-electron chi connectivity index (χ1n) is 7.27. The Bertz CT molecular complexity index is 863. The lowest BCUT2D eigenvalue weighted by atomic mass is 10.3. The number of benzene rings is 1. The lowest BCUT2D eigenvalue weighted by Gasteiger charge is -2.12. The van der Waals surface area contributed by atoms with Gasteiger partial charge in [-0.3, -0.25) is 9.36 Å². The molecule has 24 heavy (non-hydrogen) atoms.